The summed E-state index contributed by atoms with van der Waals surface area (Å²) < 4.78 is 18.8. The van der Waals surface area contributed by atoms with Crippen LogP contribution in [0.1, 0.15) is 53.2 Å². The van der Waals surface area contributed by atoms with Gasteiger partial charge >= 0.3 is 0 Å². The molecule has 1 aromatic heterocycles. The Balaban J connectivity index is 1.20. The van der Waals surface area contributed by atoms with E-state index in [4.69, 9.17) is 37.4 Å². The molecule has 6 rings (SSSR count). The summed E-state index contributed by atoms with van der Waals surface area (Å²) in [4.78, 5) is 6.45. The monoisotopic (exact) mass is 643 g/mol. The highest BCUT2D eigenvalue weighted by atomic mass is 35.5. The molecule has 1 aliphatic carbocycles. The second kappa shape index (κ2) is 14.1. The van der Waals surface area contributed by atoms with Crippen LogP contribution < -0.4 is 14.2 Å². The minimum absolute atomic E-state index is 0.174. The Hall–Kier alpha value is -3.80. The topological polar surface area (TPSA) is 87.8 Å². The van der Waals surface area contributed by atoms with E-state index in [0.717, 1.165) is 48.2 Å². The molecule has 232 valence electrons. The van der Waals surface area contributed by atoms with Gasteiger partial charge in [0.05, 0.1) is 28.8 Å². The van der Waals surface area contributed by atoms with E-state index in [0.29, 0.717) is 50.9 Å². The van der Waals surface area contributed by atoms with Crippen LogP contribution in [0.2, 0.25) is 10.0 Å². The van der Waals surface area contributed by atoms with Crippen molar-refractivity contribution in [3.8, 4) is 34.4 Å². The summed E-state index contributed by atoms with van der Waals surface area (Å²) in [7, 11) is 2.16. The number of aliphatic hydroxyl groups excluding tert-OH is 1. The van der Waals surface area contributed by atoms with Crippen molar-refractivity contribution in [1.29, 1.82) is 5.26 Å². The van der Waals surface area contributed by atoms with Gasteiger partial charge in [-0.25, -0.2) is 0 Å². The highest BCUT2D eigenvalue weighted by Gasteiger charge is 2.29. The second-order valence-electron chi connectivity index (χ2n) is 11.7. The van der Waals surface area contributed by atoms with Gasteiger partial charge in [-0.1, -0.05) is 53.5 Å². The number of aliphatic hydroxyl groups is 1. The third-order valence-corrected chi connectivity index (χ3v) is 9.22. The summed E-state index contributed by atoms with van der Waals surface area (Å²) >= 11 is 13.6. The number of nitrogens with zero attached hydrogens (tertiary/aromatic N) is 3. The molecule has 2 atom stereocenters. The molecule has 2 heterocycles. The smallest absolute Gasteiger partial charge is 0.142 e. The first-order valence-corrected chi connectivity index (χ1v) is 16.0. The molecule has 0 spiro atoms. The number of nitriles is 1. The van der Waals surface area contributed by atoms with E-state index in [9.17, 15) is 10.4 Å². The first-order chi connectivity index (χ1) is 21.9. The molecule has 3 aromatic carbocycles. The Kier molecular flexibility index (Phi) is 9.77. The summed E-state index contributed by atoms with van der Waals surface area (Å²) in [5.41, 5.74) is 6.03. The average Bonchev–Trinajstić information content (AvgIpc) is 3.47. The normalized spacial score (nSPS) is 17.8. The molecule has 0 amide bonds. The lowest BCUT2D eigenvalue weighted by molar-refractivity contribution is 0.150. The van der Waals surface area contributed by atoms with Gasteiger partial charge in [0.25, 0.3) is 0 Å². The fourth-order valence-corrected chi connectivity index (χ4v) is 6.82. The maximum absolute atomic E-state index is 9.96. The van der Waals surface area contributed by atoms with Crippen LogP contribution in [-0.4, -0.2) is 41.7 Å². The molecule has 9 heteroatoms. The number of benzene rings is 3. The van der Waals surface area contributed by atoms with Crippen LogP contribution in [0.3, 0.4) is 0 Å². The van der Waals surface area contributed by atoms with Crippen molar-refractivity contribution in [2.24, 2.45) is 5.92 Å². The number of aromatic nitrogens is 1. The van der Waals surface area contributed by atoms with Gasteiger partial charge in [-0.2, -0.15) is 5.26 Å². The molecular weight excluding hydrogens is 609 g/mol. The van der Waals surface area contributed by atoms with E-state index in [1.54, 1.807) is 24.4 Å². The third kappa shape index (κ3) is 7.05. The van der Waals surface area contributed by atoms with Crippen molar-refractivity contribution in [2.75, 3.05) is 26.7 Å². The van der Waals surface area contributed by atoms with Crippen molar-refractivity contribution in [3.63, 3.8) is 0 Å². The van der Waals surface area contributed by atoms with Gasteiger partial charge in [0.15, 0.2) is 0 Å². The lowest BCUT2D eigenvalue weighted by atomic mass is 9.96. The molecule has 1 N–H and O–H groups in total. The van der Waals surface area contributed by atoms with E-state index in [1.807, 2.05) is 24.3 Å². The van der Waals surface area contributed by atoms with E-state index in [-0.39, 0.29) is 19.3 Å². The number of rotatable bonds is 10. The molecule has 0 radical (unpaired) electrons. The molecule has 1 saturated heterocycles. The lowest BCUT2D eigenvalue weighted by Gasteiger charge is -2.29. The van der Waals surface area contributed by atoms with E-state index in [2.05, 4.69) is 35.1 Å². The van der Waals surface area contributed by atoms with Crippen LogP contribution in [0, 0.1) is 17.2 Å². The molecule has 7 nitrogen and oxygen atoms in total. The largest absolute Gasteiger partial charge is 0.492 e. The van der Waals surface area contributed by atoms with Gasteiger partial charge in [-0.15, -0.1) is 0 Å². The lowest BCUT2D eigenvalue weighted by Crippen LogP contribution is -2.34. The SMILES string of the molecule is CN1CCC[C@H](COc2cccc(-c3cccc4c3CC[C@@H]4Oc3cc(OCc4cncc(C#N)c4)c(CO)cc3Cl)c2Cl)C1. The summed E-state index contributed by atoms with van der Waals surface area (Å²) in [5.74, 6) is 2.13. The Labute approximate surface area is 273 Å². The molecule has 0 bridgehead atoms. The maximum Gasteiger partial charge on any atom is 0.142 e. The predicted molar refractivity (Wildman–Crippen MR) is 175 cm³/mol. The number of ether oxygens (including phenoxy) is 3. The number of likely N-dealkylation sites (tertiary alicyclic amines) is 1. The first-order valence-electron chi connectivity index (χ1n) is 15.2. The Bertz CT molecular complexity index is 1720. The van der Waals surface area contributed by atoms with E-state index in [1.165, 1.54) is 24.6 Å². The number of piperidine rings is 1. The van der Waals surface area contributed by atoms with Gasteiger partial charge < -0.3 is 24.2 Å². The number of fused-ring (bicyclic) bond motifs is 1. The van der Waals surface area contributed by atoms with Crippen LogP contribution in [0.15, 0.2) is 67.0 Å². The van der Waals surface area contributed by atoms with Crippen LogP contribution in [0.4, 0.5) is 0 Å². The van der Waals surface area contributed by atoms with Crippen molar-refractivity contribution in [2.45, 2.75) is 45.0 Å². The highest BCUT2D eigenvalue weighted by molar-refractivity contribution is 6.35. The molecule has 0 saturated carbocycles. The molecule has 1 fully saturated rings. The Morgan fingerprint density at radius 1 is 1.00 bits per heavy atom. The van der Waals surface area contributed by atoms with Crippen LogP contribution in [0.5, 0.6) is 17.2 Å². The molecule has 4 aromatic rings. The highest BCUT2D eigenvalue weighted by Crippen LogP contribution is 2.45. The fourth-order valence-electron chi connectivity index (χ4n) is 6.30. The minimum atomic E-state index is -0.247. The van der Waals surface area contributed by atoms with E-state index >= 15 is 0 Å². The number of hydrogen-bond donors (Lipinski definition) is 1. The van der Waals surface area contributed by atoms with Gasteiger partial charge in [0.2, 0.25) is 0 Å². The number of halogens is 2. The maximum atomic E-state index is 9.96. The molecular formula is C36H35Cl2N3O4. The zero-order valence-electron chi connectivity index (χ0n) is 25.1. The fraction of sp³-hybridized carbons (Fsp3) is 0.333. The first kappa shape index (κ1) is 31.2. The van der Waals surface area contributed by atoms with Crippen molar-refractivity contribution >= 4 is 23.2 Å². The Morgan fingerprint density at radius 2 is 1.84 bits per heavy atom. The molecule has 1 aliphatic heterocycles. The van der Waals surface area contributed by atoms with Crippen LogP contribution in [0.25, 0.3) is 11.1 Å². The zero-order chi connectivity index (χ0) is 31.3. The van der Waals surface area contributed by atoms with Gasteiger partial charge in [0.1, 0.15) is 36.0 Å². The second-order valence-corrected chi connectivity index (χ2v) is 12.5. The summed E-state index contributed by atoms with van der Waals surface area (Å²) in [6.45, 7) is 2.76. The standard InChI is InChI=1S/C36H35Cl2N3O4/c1-41-12-4-5-23(19-41)21-43-33-9-3-8-30(36(33)38)27-6-2-7-29-28(27)10-11-32(29)45-35-15-34(26(20-42)14-31(35)37)44-22-25-13-24(16-39)17-40-18-25/h2-3,6-9,13-15,17-18,23,32,42H,4-5,10-12,19-22H2,1H3/t23-,32-/m0/s1. The van der Waals surface area contributed by atoms with Crippen molar-refractivity contribution in [3.05, 3.63) is 105 Å². The van der Waals surface area contributed by atoms with E-state index < -0.39 is 0 Å². The predicted octanol–water partition coefficient (Wildman–Crippen LogP) is 7.79. The third-order valence-electron chi connectivity index (χ3n) is 8.54. The number of hydrogen-bond acceptors (Lipinski definition) is 7. The zero-order valence-corrected chi connectivity index (χ0v) is 26.7. The number of pyridine rings is 1. The van der Waals surface area contributed by atoms with Gasteiger partial charge in [0, 0.05) is 47.6 Å². The molecule has 2 aliphatic rings. The van der Waals surface area contributed by atoms with Crippen molar-refractivity contribution in [1.82, 2.24) is 9.88 Å². The summed E-state index contributed by atoms with van der Waals surface area (Å²) in [5, 5.41) is 20.2. The minimum Gasteiger partial charge on any atom is -0.492 e. The molecule has 45 heavy (non-hydrogen) atoms. The van der Waals surface area contributed by atoms with Gasteiger partial charge in [-0.05, 0) is 74.2 Å². The molecule has 0 unspecified atom stereocenters. The van der Waals surface area contributed by atoms with Crippen LogP contribution in [-0.2, 0) is 19.6 Å². The quantitative estimate of drug-likeness (QED) is 0.189. The summed E-state index contributed by atoms with van der Waals surface area (Å²) in [6.07, 6.45) is 6.88. The van der Waals surface area contributed by atoms with Crippen molar-refractivity contribution < 1.29 is 19.3 Å². The van der Waals surface area contributed by atoms with Gasteiger partial charge in [-0.3, -0.25) is 4.98 Å². The Morgan fingerprint density at radius 3 is 2.67 bits per heavy atom. The van der Waals surface area contributed by atoms with Crippen LogP contribution >= 0.6 is 23.2 Å². The summed E-state index contributed by atoms with van der Waals surface area (Å²) in [6, 6.07) is 19.4. The average molecular weight is 645 g/mol.